The Kier molecular flexibility index (Phi) is 5.30. The van der Waals surface area contributed by atoms with E-state index < -0.39 is 6.43 Å². The van der Waals surface area contributed by atoms with Crippen LogP contribution in [0.2, 0.25) is 0 Å². The minimum atomic E-state index is -2.67. The monoisotopic (exact) mass is 357 g/mol. The summed E-state index contributed by atoms with van der Waals surface area (Å²) in [5.74, 6) is -0.224. The van der Waals surface area contributed by atoms with Gasteiger partial charge in [0.15, 0.2) is 5.82 Å². The largest absolute Gasteiger partial charge is 0.345 e. The predicted molar refractivity (Wildman–Crippen MR) is 97.2 cm³/mol. The van der Waals surface area contributed by atoms with Crippen LogP contribution in [-0.4, -0.2) is 15.9 Å². The Bertz CT molecular complexity index is 890. The second-order valence-electron chi connectivity index (χ2n) is 6.72. The molecule has 0 saturated heterocycles. The second kappa shape index (κ2) is 7.64. The van der Waals surface area contributed by atoms with Crippen molar-refractivity contribution in [3.63, 3.8) is 0 Å². The molecule has 3 aromatic rings. The van der Waals surface area contributed by atoms with Gasteiger partial charge in [-0.2, -0.15) is 0 Å². The summed E-state index contributed by atoms with van der Waals surface area (Å²) in [5.41, 5.74) is 2.29. The first kappa shape index (κ1) is 18.0. The summed E-state index contributed by atoms with van der Waals surface area (Å²) in [7, 11) is 0. The number of nitrogens with zero attached hydrogens (tertiary/aromatic N) is 1. The molecular formula is C20H21F2N3O. The molecule has 0 radical (unpaired) electrons. The summed E-state index contributed by atoms with van der Waals surface area (Å²) in [6.07, 6.45) is -1.87. The summed E-state index contributed by atoms with van der Waals surface area (Å²) in [6.45, 7) is 4.20. The van der Waals surface area contributed by atoms with Crippen LogP contribution in [0.15, 0.2) is 48.5 Å². The Hall–Kier alpha value is -2.76. The van der Waals surface area contributed by atoms with Crippen molar-refractivity contribution in [3.05, 3.63) is 65.5 Å². The Balaban J connectivity index is 1.83. The minimum Gasteiger partial charge on any atom is -0.345 e. The number of H-pyrrole nitrogens is 1. The van der Waals surface area contributed by atoms with Gasteiger partial charge in [0, 0.05) is 5.56 Å². The molecule has 136 valence electrons. The maximum atomic E-state index is 12.8. The summed E-state index contributed by atoms with van der Waals surface area (Å²) in [6, 6.07) is 14.4. The van der Waals surface area contributed by atoms with E-state index in [-0.39, 0.29) is 17.8 Å². The van der Waals surface area contributed by atoms with Crippen molar-refractivity contribution in [2.24, 2.45) is 5.92 Å². The third kappa shape index (κ3) is 4.07. The van der Waals surface area contributed by atoms with Gasteiger partial charge in [0.2, 0.25) is 0 Å². The smallest absolute Gasteiger partial charge is 0.295 e. The number of nitrogens with one attached hydrogen (secondary N) is 2. The number of rotatable bonds is 6. The van der Waals surface area contributed by atoms with Gasteiger partial charge in [-0.05, 0) is 36.1 Å². The van der Waals surface area contributed by atoms with Crippen molar-refractivity contribution < 1.29 is 13.6 Å². The van der Waals surface area contributed by atoms with Crippen LogP contribution in [0.4, 0.5) is 8.78 Å². The number of imidazole rings is 1. The van der Waals surface area contributed by atoms with Gasteiger partial charge in [0.25, 0.3) is 12.3 Å². The lowest BCUT2D eigenvalue weighted by Gasteiger charge is -2.21. The molecule has 1 amide bonds. The van der Waals surface area contributed by atoms with Crippen molar-refractivity contribution in [2.45, 2.75) is 32.7 Å². The van der Waals surface area contributed by atoms with Crippen LogP contribution < -0.4 is 5.32 Å². The zero-order valence-corrected chi connectivity index (χ0v) is 14.7. The van der Waals surface area contributed by atoms with E-state index in [1.807, 2.05) is 30.3 Å². The first-order valence-electron chi connectivity index (χ1n) is 8.57. The fraction of sp³-hybridized carbons (Fsp3) is 0.300. The molecule has 1 aromatic heterocycles. The number of aromatic amines is 1. The fourth-order valence-corrected chi connectivity index (χ4v) is 2.95. The first-order valence-corrected chi connectivity index (χ1v) is 8.57. The molecule has 2 N–H and O–H groups in total. The van der Waals surface area contributed by atoms with Crippen molar-refractivity contribution in [1.82, 2.24) is 15.3 Å². The van der Waals surface area contributed by atoms with E-state index in [1.54, 1.807) is 18.2 Å². The van der Waals surface area contributed by atoms with Crippen molar-refractivity contribution in [2.75, 3.05) is 0 Å². The zero-order chi connectivity index (χ0) is 18.7. The molecule has 3 rings (SSSR count). The lowest BCUT2D eigenvalue weighted by atomic mass is 9.96. The molecule has 6 heteroatoms. The van der Waals surface area contributed by atoms with Crippen LogP contribution in [0.25, 0.3) is 11.0 Å². The molecule has 0 bridgehead atoms. The molecule has 0 fully saturated rings. The lowest BCUT2D eigenvalue weighted by Crippen LogP contribution is -2.29. The van der Waals surface area contributed by atoms with E-state index >= 15 is 0 Å². The molecule has 1 atom stereocenters. The van der Waals surface area contributed by atoms with E-state index in [0.717, 1.165) is 12.0 Å². The van der Waals surface area contributed by atoms with Gasteiger partial charge >= 0.3 is 0 Å². The van der Waals surface area contributed by atoms with Crippen LogP contribution in [-0.2, 0) is 0 Å². The Morgan fingerprint density at radius 1 is 1.15 bits per heavy atom. The molecular weight excluding hydrogens is 336 g/mol. The van der Waals surface area contributed by atoms with Gasteiger partial charge in [-0.3, -0.25) is 4.79 Å². The Morgan fingerprint density at radius 2 is 1.88 bits per heavy atom. The topological polar surface area (TPSA) is 57.8 Å². The van der Waals surface area contributed by atoms with E-state index in [4.69, 9.17) is 0 Å². The second-order valence-corrected chi connectivity index (χ2v) is 6.72. The highest BCUT2D eigenvalue weighted by Gasteiger charge is 2.18. The highest BCUT2D eigenvalue weighted by molar-refractivity contribution is 5.97. The number of amides is 1. The van der Waals surface area contributed by atoms with Crippen LogP contribution >= 0.6 is 0 Å². The highest BCUT2D eigenvalue weighted by Crippen LogP contribution is 2.23. The third-order valence-corrected chi connectivity index (χ3v) is 4.18. The minimum absolute atomic E-state index is 0.113. The molecule has 0 aliphatic carbocycles. The van der Waals surface area contributed by atoms with E-state index in [0.29, 0.717) is 22.5 Å². The fourth-order valence-electron chi connectivity index (χ4n) is 2.95. The number of halogens is 2. The average molecular weight is 357 g/mol. The molecule has 2 aromatic carbocycles. The molecule has 0 aliphatic rings. The van der Waals surface area contributed by atoms with Gasteiger partial charge < -0.3 is 10.3 Å². The molecule has 0 spiro atoms. The summed E-state index contributed by atoms with van der Waals surface area (Å²) in [5, 5.41) is 3.05. The Morgan fingerprint density at radius 3 is 2.54 bits per heavy atom. The molecule has 1 unspecified atom stereocenters. The first-order chi connectivity index (χ1) is 12.4. The number of benzene rings is 2. The Labute approximate surface area is 150 Å². The zero-order valence-electron chi connectivity index (χ0n) is 14.7. The maximum absolute atomic E-state index is 12.8. The van der Waals surface area contributed by atoms with Crippen LogP contribution in [0.5, 0.6) is 0 Å². The quantitative estimate of drug-likeness (QED) is 0.651. The third-order valence-electron chi connectivity index (χ3n) is 4.18. The van der Waals surface area contributed by atoms with Gasteiger partial charge in [-0.15, -0.1) is 0 Å². The van der Waals surface area contributed by atoms with Crippen molar-refractivity contribution >= 4 is 16.9 Å². The molecule has 26 heavy (non-hydrogen) atoms. The number of alkyl halides is 2. The van der Waals surface area contributed by atoms with Crippen LogP contribution in [0, 0.1) is 5.92 Å². The number of hydrogen-bond donors (Lipinski definition) is 2. The molecule has 0 saturated carbocycles. The van der Waals surface area contributed by atoms with E-state index in [1.165, 1.54) is 0 Å². The summed E-state index contributed by atoms with van der Waals surface area (Å²) >= 11 is 0. The van der Waals surface area contributed by atoms with Crippen LogP contribution in [0.3, 0.4) is 0 Å². The molecule has 4 nitrogen and oxygen atoms in total. The van der Waals surface area contributed by atoms with E-state index in [2.05, 4.69) is 29.1 Å². The lowest BCUT2D eigenvalue weighted by molar-refractivity contribution is 0.0932. The number of hydrogen-bond acceptors (Lipinski definition) is 2. The van der Waals surface area contributed by atoms with Gasteiger partial charge in [0.1, 0.15) is 0 Å². The molecule has 1 heterocycles. The molecule has 0 aliphatic heterocycles. The van der Waals surface area contributed by atoms with Gasteiger partial charge in [0.05, 0.1) is 17.1 Å². The van der Waals surface area contributed by atoms with Crippen molar-refractivity contribution in [3.8, 4) is 0 Å². The summed E-state index contributed by atoms with van der Waals surface area (Å²) in [4.78, 5) is 19.1. The normalized spacial score (nSPS) is 12.7. The standard InChI is InChI=1S/C20H21F2N3O/c1-12(2)10-16(13-6-4-3-5-7-13)25-20(26)14-8-9-15-17(11-14)24-19(23-15)18(21)22/h3-9,11-12,16,18H,10H2,1-2H3,(H,23,24)(H,25,26). The van der Waals surface area contributed by atoms with E-state index in [9.17, 15) is 13.6 Å². The highest BCUT2D eigenvalue weighted by atomic mass is 19.3. The van der Waals surface area contributed by atoms with Crippen LogP contribution in [0.1, 0.15) is 54.5 Å². The van der Waals surface area contributed by atoms with Crippen molar-refractivity contribution in [1.29, 1.82) is 0 Å². The predicted octanol–water partition coefficient (Wildman–Crippen LogP) is 5.02. The van der Waals surface area contributed by atoms with Gasteiger partial charge in [-0.25, -0.2) is 13.8 Å². The number of carbonyl (C=O) groups is 1. The van der Waals surface area contributed by atoms with Gasteiger partial charge in [-0.1, -0.05) is 44.2 Å². The average Bonchev–Trinajstić information content (AvgIpc) is 3.05. The number of aromatic nitrogens is 2. The summed E-state index contributed by atoms with van der Waals surface area (Å²) < 4.78 is 25.5. The SMILES string of the molecule is CC(C)CC(NC(=O)c1ccc2nc(C(F)F)[nH]c2c1)c1ccccc1. The number of fused-ring (bicyclic) bond motifs is 1. The number of carbonyl (C=O) groups excluding carboxylic acids is 1. The maximum Gasteiger partial charge on any atom is 0.295 e.